The van der Waals surface area contributed by atoms with Gasteiger partial charge in [-0.3, -0.25) is 0 Å². The lowest BCUT2D eigenvalue weighted by molar-refractivity contribution is 0.211. The molecule has 0 bridgehead atoms. The molecule has 2 aromatic rings. The van der Waals surface area contributed by atoms with E-state index in [4.69, 9.17) is 10.5 Å². The van der Waals surface area contributed by atoms with Crippen LogP contribution in [0.4, 0.5) is 0 Å². The van der Waals surface area contributed by atoms with Gasteiger partial charge >= 0.3 is 0 Å². The summed E-state index contributed by atoms with van der Waals surface area (Å²) >= 11 is 0. The Labute approximate surface area is 115 Å². The van der Waals surface area contributed by atoms with Crippen molar-refractivity contribution in [2.75, 3.05) is 6.54 Å². The highest BCUT2D eigenvalue weighted by atomic mass is 16.5. The maximum Gasteiger partial charge on any atom is 0.136 e. The van der Waals surface area contributed by atoms with E-state index in [9.17, 15) is 0 Å². The number of rotatable bonds is 4. The van der Waals surface area contributed by atoms with Gasteiger partial charge in [-0.05, 0) is 43.0 Å². The summed E-state index contributed by atoms with van der Waals surface area (Å²) in [4.78, 5) is 0. The lowest BCUT2D eigenvalue weighted by atomic mass is 10.0. The average Bonchev–Trinajstić information content (AvgIpc) is 2.44. The van der Waals surface area contributed by atoms with Crippen molar-refractivity contribution in [1.29, 1.82) is 0 Å². The topological polar surface area (TPSA) is 35.2 Å². The molecule has 19 heavy (non-hydrogen) atoms. The molecule has 0 saturated heterocycles. The van der Waals surface area contributed by atoms with Crippen LogP contribution in [0.3, 0.4) is 0 Å². The molecule has 2 heteroatoms. The zero-order valence-electron chi connectivity index (χ0n) is 11.8. The Bertz CT molecular complexity index is 549. The first-order valence-electron chi connectivity index (χ1n) is 6.62. The maximum absolute atomic E-state index is 6.17. The molecule has 0 amide bonds. The van der Waals surface area contributed by atoms with Gasteiger partial charge in [0.25, 0.3) is 0 Å². The summed E-state index contributed by atoms with van der Waals surface area (Å²) in [6.07, 6.45) is -0.0969. The minimum absolute atomic E-state index is 0.0969. The predicted molar refractivity (Wildman–Crippen MR) is 79.5 cm³/mol. The van der Waals surface area contributed by atoms with E-state index in [1.165, 1.54) is 11.1 Å². The summed E-state index contributed by atoms with van der Waals surface area (Å²) in [6.45, 7) is 6.73. The molecule has 100 valence electrons. The Morgan fingerprint density at radius 3 is 2.21 bits per heavy atom. The molecule has 0 saturated carbocycles. The van der Waals surface area contributed by atoms with Gasteiger partial charge in [0, 0.05) is 6.54 Å². The van der Waals surface area contributed by atoms with E-state index in [-0.39, 0.29) is 6.10 Å². The van der Waals surface area contributed by atoms with Crippen LogP contribution < -0.4 is 10.5 Å². The lowest BCUT2D eigenvalue weighted by Gasteiger charge is -2.21. The number of benzene rings is 2. The Morgan fingerprint density at radius 2 is 1.58 bits per heavy atom. The molecule has 2 aromatic carbocycles. The fourth-order valence-electron chi connectivity index (χ4n) is 2.17. The van der Waals surface area contributed by atoms with Gasteiger partial charge in [0.2, 0.25) is 0 Å². The number of hydrogen-bond acceptors (Lipinski definition) is 2. The summed E-state index contributed by atoms with van der Waals surface area (Å²) in [6, 6.07) is 14.3. The first-order chi connectivity index (χ1) is 9.13. The van der Waals surface area contributed by atoms with E-state index in [1.807, 2.05) is 18.2 Å². The van der Waals surface area contributed by atoms with Crippen molar-refractivity contribution in [1.82, 2.24) is 0 Å². The third kappa shape index (κ3) is 2.96. The summed E-state index contributed by atoms with van der Waals surface area (Å²) in [5, 5.41) is 0. The first-order valence-corrected chi connectivity index (χ1v) is 6.62. The zero-order valence-corrected chi connectivity index (χ0v) is 11.8. The van der Waals surface area contributed by atoms with Crippen molar-refractivity contribution >= 4 is 0 Å². The quantitative estimate of drug-likeness (QED) is 0.904. The minimum Gasteiger partial charge on any atom is -0.484 e. The highest BCUT2D eigenvalue weighted by molar-refractivity contribution is 5.45. The van der Waals surface area contributed by atoms with Gasteiger partial charge in [-0.15, -0.1) is 0 Å². The predicted octanol–water partition coefficient (Wildman–Crippen LogP) is 3.69. The molecule has 2 rings (SSSR count). The van der Waals surface area contributed by atoms with Crippen molar-refractivity contribution < 1.29 is 4.74 Å². The third-order valence-electron chi connectivity index (χ3n) is 3.52. The molecule has 0 radical (unpaired) electrons. The van der Waals surface area contributed by atoms with Crippen molar-refractivity contribution in [2.45, 2.75) is 26.9 Å². The molecular weight excluding hydrogens is 234 g/mol. The maximum atomic E-state index is 6.17. The van der Waals surface area contributed by atoms with Crippen LogP contribution in [0.15, 0.2) is 42.5 Å². The molecule has 0 spiro atoms. The second-order valence-electron chi connectivity index (χ2n) is 4.91. The number of aryl methyl sites for hydroxylation is 2. The minimum atomic E-state index is -0.0969. The van der Waals surface area contributed by atoms with Crippen LogP contribution in [0.2, 0.25) is 0 Å². The van der Waals surface area contributed by atoms with Crippen molar-refractivity contribution in [3.8, 4) is 5.75 Å². The Balaban J connectivity index is 2.32. The lowest BCUT2D eigenvalue weighted by Crippen LogP contribution is -2.19. The van der Waals surface area contributed by atoms with Crippen molar-refractivity contribution in [2.24, 2.45) is 5.73 Å². The van der Waals surface area contributed by atoms with Gasteiger partial charge in [-0.1, -0.05) is 42.5 Å². The Hall–Kier alpha value is -1.80. The van der Waals surface area contributed by atoms with E-state index in [0.717, 1.165) is 16.9 Å². The van der Waals surface area contributed by atoms with Crippen LogP contribution in [-0.4, -0.2) is 6.54 Å². The first kappa shape index (κ1) is 13.6. The van der Waals surface area contributed by atoms with E-state index < -0.39 is 0 Å². The Morgan fingerprint density at radius 1 is 0.947 bits per heavy atom. The Kier molecular flexibility index (Phi) is 4.23. The van der Waals surface area contributed by atoms with Crippen LogP contribution >= 0.6 is 0 Å². The second-order valence-corrected chi connectivity index (χ2v) is 4.91. The molecule has 0 fully saturated rings. The molecule has 0 aliphatic rings. The van der Waals surface area contributed by atoms with Crippen LogP contribution in [0, 0.1) is 20.8 Å². The van der Waals surface area contributed by atoms with Gasteiger partial charge in [-0.2, -0.15) is 0 Å². The van der Waals surface area contributed by atoms with Gasteiger partial charge in [0.05, 0.1) is 0 Å². The standard InChI is InChI=1S/C17H21NO/c1-12-9-10-13(2)17(14(12)3)19-16(11-18)15-7-5-4-6-8-15/h4-10,16H,11,18H2,1-3H3. The molecule has 2 nitrogen and oxygen atoms in total. The van der Waals surface area contributed by atoms with Crippen LogP contribution in [0.5, 0.6) is 5.75 Å². The monoisotopic (exact) mass is 255 g/mol. The molecule has 1 atom stereocenters. The van der Waals surface area contributed by atoms with Gasteiger partial charge in [0.1, 0.15) is 11.9 Å². The molecule has 0 aliphatic heterocycles. The molecule has 0 heterocycles. The van der Waals surface area contributed by atoms with Crippen LogP contribution in [0.1, 0.15) is 28.4 Å². The fourth-order valence-corrected chi connectivity index (χ4v) is 2.17. The van der Waals surface area contributed by atoms with Crippen molar-refractivity contribution in [3.05, 3.63) is 64.7 Å². The smallest absolute Gasteiger partial charge is 0.136 e. The largest absolute Gasteiger partial charge is 0.484 e. The fraction of sp³-hybridized carbons (Fsp3) is 0.294. The second kappa shape index (κ2) is 5.89. The highest BCUT2D eigenvalue weighted by Gasteiger charge is 2.14. The zero-order chi connectivity index (χ0) is 13.8. The summed E-state index contributed by atoms with van der Waals surface area (Å²) in [5.74, 6) is 0.958. The van der Waals surface area contributed by atoms with Crippen molar-refractivity contribution in [3.63, 3.8) is 0 Å². The van der Waals surface area contributed by atoms with Gasteiger partial charge in [-0.25, -0.2) is 0 Å². The average molecular weight is 255 g/mol. The van der Waals surface area contributed by atoms with Gasteiger partial charge < -0.3 is 10.5 Å². The number of hydrogen-bond donors (Lipinski definition) is 1. The number of nitrogens with two attached hydrogens (primary N) is 1. The van der Waals surface area contributed by atoms with Gasteiger partial charge in [0.15, 0.2) is 0 Å². The summed E-state index contributed by atoms with van der Waals surface area (Å²) in [7, 11) is 0. The van der Waals surface area contributed by atoms with Crippen LogP contribution in [-0.2, 0) is 0 Å². The molecule has 1 unspecified atom stereocenters. The van der Waals surface area contributed by atoms with E-state index in [2.05, 4.69) is 45.0 Å². The number of ether oxygens (including phenoxy) is 1. The van der Waals surface area contributed by atoms with E-state index in [0.29, 0.717) is 6.54 Å². The van der Waals surface area contributed by atoms with Crippen LogP contribution in [0.25, 0.3) is 0 Å². The van der Waals surface area contributed by atoms with E-state index in [1.54, 1.807) is 0 Å². The van der Waals surface area contributed by atoms with E-state index >= 15 is 0 Å². The normalized spacial score (nSPS) is 12.2. The molecule has 0 aromatic heterocycles. The highest BCUT2D eigenvalue weighted by Crippen LogP contribution is 2.30. The molecule has 0 aliphatic carbocycles. The third-order valence-corrected chi connectivity index (χ3v) is 3.52. The SMILES string of the molecule is Cc1ccc(C)c(OC(CN)c2ccccc2)c1C. The summed E-state index contributed by atoms with van der Waals surface area (Å²) < 4.78 is 6.17. The summed E-state index contributed by atoms with van der Waals surface area (Å²) in [5.41, 5.74) is 10.6. The molecule has 2 N–H and O–H groups in total. The molecular formula is C17H21NO.